The summed E-state index contributed by atoms with van der Waals surface area (Å²) < 4.78 is 5.26. The molecule has 0 aliphatic carbocycles. The fourth-order valence-electron chi connectivity index (χ4n) is 2.28. The Morgan fingerprint density at radius 1 is 1.38 bits per heavy atom. The third-order valence-electron chi connectivity index (χ3n) is 3.38. The SMILES string of the molecule is CNc1cc(C(=O)OCC(C)C)cc(N2CCCC2=O)c1. The van der Waals surface area contributed by atoms with Crippen molar-refractivity contribution < 1.29 is 14.3 Å². The lowest BCUT2D eigenvalue weighted by Gasteiger charge is -2.18. The lowest BCUT2D eigenvalue weighted by molar-refractivity contribution is -0.117. The summed E-state index contributed by atoms with van der Waals surface area (Å²) in [5.41, 5.74) is 2.02. The Labute approximate surface area is 125 Å². The minimum absolute atomic E-state index is 0.102. The van der Waals surface area contributed by atoms with Gasteiger partial charge >= 0.3 is 5.97 Å². The molecule has 1 amide bonds. The highest BCUT2D eigenvalue weighted by atomic mass is 16.5. The Balaban J connectivity index is 2.25. The number of carbonyl (C=O) groups excluding carboxylic acids is 2. The highest BCUT2D eigenvalue weighted by molar-refractivity contribution is 5.98. The second-order valence-electron chi connectivity index (χ2n) is 5.66. The molecule has 0 atom stereocenters. The average molecular weight is 290 g/mol. The lowest BCUT2D eigenvalue weighted by atomic mass is 10.1. The van der Waals surface area contributed by atoms with E-state index in [4.69, 9.17) is 4.74 Å². The molecule has 1 aromatic rings. The Morgan fingerprint density at radius 3 is 2.71 bits per heavy atom. The third-order valence-corrected chi connectivity index (χ3v) is 3.38. The molecule has 0 unspecified atom stereocenters. The molecule has 1 fully saturated rings. The van der Waals surface area contributed by atoms with Crippen LogP contribution in [0, 0.1) is 5.92 Å². The average Bonchev–Trinajstić information content (AvgIpc) is 2.90. The van der Waals surface area contributed by atoms with Crippen LogP contribution in [0.3, 0.4) is 0 Å². The first-order chi connectivity index (χ1) is 10.0. The Kier molecular flexibility index (Phi) is 4.83. The van der Waals surface area contributed by atoms with Gasteiger partial charge in [0.05, 0.1) is 12.2 Å². The molecular weight excluding hydrogens is 268 g/mol. The zero-order chi connectivity index (χ0) is 15.4. The largest absolute Gasteiger partial charge is 0.462 e. The van der Waals surface area contributed by atoms with Crippen LogP contribution in [0.1, 0.15) is 37.0 Å². The lowest BCUT2D eigenvalue weighted by Crippen LogP contribution is -2.24. The molecular formula is C16H22N2O3. The second-order valence-corrected chi connectivity index (χ2v) is 5.66. The van der Waals surface area contributed by atoms with Crippen LogP contribution in [-0.4, -0.2) is 32.1 Å². The van der Waals surface area contributed by atoms with Gasteiger partial charge in [0.2, 0.25) is 5.91 Å². The first kappa shape index (κ1) is 15.4. The van der Waals surface area contributed by atoms with Gasteiger partial charge in [-0.1, -0.05) is 13.8 Å². The Morgan fingerprint density at radius 2 is 2.14 bits per heavy atom. The molecule has 0 saturated carbocycles. The van der Waals surface area contributed by atoms with Crippen molar-refractivity contribution in [1.82, 2.24) is 0 Å². The summed E-state index contributed by atoms with van der Waals surface area (Å²) in [5, 5.41) is 3.02. The van der Waals surface area contributed by atoms with Crippen LogP contribution in [0.25, 0.3) is 0 Å². The number of amides is 1. The Bertz CT molecular complexity index is 540. The van der Waals surface area contributed by atoms with E-state index in [-0.39, 0.29) is 11.9 Å². The molecule has 1 heterocycles. The summed E-state index contributed by atoms with van der Waals surface area (Å²) in [6.45, 7) is 5.07. The van der Waals surface area contributed by atoms with Crippen LogP contribution in [0.5, 0.6) is 0 Å². The maximum atomic E-state index is 12.1. The van der Waals surface area contributed by atoms with Gasteiger partial charge in [0.15, 0.2) is 0 Å². The normalized spacial score (nSPS) is 14.7. The van der Waals surface area contributed by atoms with Gasteiger partial charge in [-0.25, -0.2) is 4.79 Å². The van der Waals surface area contributed by atoms with E-state index < -0.39 is 0 Å². The number of esters is 1. The van der Waals surface area contributed by atoms with Gasteiger partial charge in [0.1, 0.15) is 0 Å². The van der Waals surface area contributed by atoms with E-state index in [1.54, 1.807) is 24.1 Å². The Hall–Kier alpha value is -2.04. The minimum atomic E-state index is -0.353. The number of anilines is 2. The second kappa shape index (κ2) is 6.61. The summed E-state index contributed by atoms with van der Waals surface area (Å²) in [6, 6.07) is 5.35. The van der Waals surface area contributed by atoms with Crippen LogP contribution in [-0.2, 0) is 9.53 Å². The van der Waals surface area contributed by atoms with Gasteiger partial charge in [-0.3, -0.25) is 4.79 Å². The summed E-state index contributed by atoms with van der Waals surface area (Å²) in [5.74, 6) is 0.0412. The van der Waals surface area contributed by atoms with E-state index in [1.807, 2.05) is 19.9 Å². The first-order valence-electron chi connectivity index (χ1n) is 7.31. The third kappa shape index (κ3) is 3.74. The van der Waals surface area contributed by atoms with Gasteiger partial charge in [0, 0.05) is 31.4 Å². The summed E-state index contributed by atoms with van der Waals surface area (Å²) in [6.07, 6.45) is 1.42. The predicted octanol–water partition coefficient (Wildman–Crippen LogP) is 2.67. The first-order valence-corrected chi connectivity index (χ1v) is 7.31. The van der Waals surface area contributed by atoms with E-state index in [0.29, 0.717) is 31.1 Å². The number of ether oxygens (including phenoxy) is 1. The highest BCUT2D eigenvalue weighted by Crippen LogP contribution is 2.26. The summed E-state index contributed by atoms with van der Waals surface area (Å²) >= 11 is 0. The van der Waals surface area contributed by atoms with Crippen molar-refractivity contribution in [2.24, 2.45) is 5.92 Å². The molecule has 0 bridgehead atoms. The van der Waals surface area contributed by atoms with Crippen molar-refractivity contribution in [2.75, 3.05) is 30.4 Å². The molecule has 5 heteroatoms. The fraction of sp³-hybridized carbons (Fsp3) is 0.500. The van der Waals surface area contributed by atoms with Crippen molar-refractivity contribution in [1.29, 1.82) is 0 Å². The number of hydrogen-bond donors (Lipinski definition) is 1. The van der Waals surface area contributed by atoms with Crippen molar-refractivity contribution in [3.8, 4) is 0 Å². The monoisotopic (exact) mass is 290 g/mol. The van der Waals surface area contributed by atoms with Crippen LogP contribution < -0.4 is 10.2 Å². The van der Waals surface area contributed by atoms with Gasteiger partial charge in [-0.05, 0) is 30.5 Å². The number of benzene rings is 1. The van der Waals surface area contributed by atoms with E-state index in [0.717, 1.165) is 17.8 Å². The van der Waals surface area contributed by atoms with Crippen molar-refractivity contribution in [3.63, 3.8) is 0 Å². The van der Waals surface area contributed by atoms with Crippen LogP contribution in [0.15, 0.2) is 18.2 Å². The molecule has 0 spiro atoms. The number of carbonyl (C=O) groups is 2. The van der Waals surface area contributed by atoms with Crippen LogP contribution in [0.2, 0.25) is 0 Å². The maximum absolute atomic E-state index is 12.1. The van der Waals surface area contributed by atoms with Crippen LogP contribution >= 0.6 is 0 Å². The molecule has 2 rings (SSSR count). The molecule has 1 aliphatic rings. The van der Waals surface area contributed by atoms with E-state index in [1.165, 1.54) is 0 Å². The topological polar surface area (TPSA) is 58.6 Å². The van der Waals surface area contributed by atoms with Crippen molar-refractivity contribution >= 4 is 23.3 Å². The summed E-state index contributed by atoms with van der Waals surface area (Å²) in [7, 11) is 1.79. The molecule has 5 nitrogen and oxygen atoms in total. The molecule has 1 aromatic carbocycles. The standard InChI is InChI=1S/C16H22N2O3/c1-11(2)10-21-16(20)12-7-13(17-3)9-14(8-12)18-6-4-5-15(18)19/h7-9,11,17H,4-6,10H2,1-3H3. The molecule has 1 aliphatic heterocycles. The van der Waals surface area contributed by atoms with Gasteiger partial charge in [-0.15, -0.1) is 0 Å². The van der Waals surface area contributed by atoms with Gasteiger partial charge in [-0.2, -0.15) is 0 Å². The molecule has 1 saturated heterocycles. The molecule has 0 radical (unpaired) electrons. The molecule has 114 valence electrons. The zero-order valence-electron chi connectivity index (χ0n) is 12.8. The van der Waals surface area contributed by atoms with E-state index in [2.05, 4.69) is 5.32 Å². The van der Waals surface area contributed by atoms with Gasteiger partial charge in [0.25, 0.3) is 0 Å². The fourth-order valence-corrected chi connectivity index (χ4v) is 2.28. The molecule has 1 N–H and O–H groups in total. The minimum Gasteiger partial charge on any atom is -0.462 e. The van der Waals surface area contributed by atoms with E-state index in [9.17, 15) is 9.59 Å². The number of hydrogen-bond acceptors (Lipinski definition) is 4. The predicted molar refractivity (Wildman–Crippen MR) is 82.7 cm³/mol. The van der Waals surface area contributed by atoms with Gasteiger partial charge < -0.3 is 15.0 Å². The quantitative estimate of drug-likeness (QED) is 0.847. The number of nitrogens with zero attached hydrogens (tertiary/aromatic N) is 1. The molecule has 21 heavy (non-hydrogen) atoms. The number of nitrogens with one attached hydrogen (secondary N) is 1. The smallest absolute Gasteiger partial charge is 0.338 e. The van der Waals surface area contributed by atoms with Crippen molar-refractivity contribution in [3.05, 3.63) is 23.8 Å². The highest BCUT2D eigenvalue weighted by Gasteiger charge is 2.23. The van der Waals surface area contributed by atoms with Crippen molar-refractivity contribution in [2.45, 2.75) is 26.7 Å². The summed E-state index contributed by atoms with van der Waals surface area (Å²) in [4.78, 5) is 25.7. The molecule has 0 aromatic heterocycles. The van der Waals surface area contributed by atoms with E-state index >= 15 is 0 Å². The van der Waals surface area contributed by atoms with Crippen LogP contribution in [0.4, 0.5) is 11.4 Å². The maximum Gasteiger partial charge on any atom is 0.338 e. The number of rotatable bonds is 5. The zero-order valence-corrected chi connectivity index (χ0v) is 12.8.